The van der Waals surface area contributed by atoms with E-state index in [-0.39, 0.29) is 11.3 Å². The molecule has 3 N–H and O–H groups in total. The van der Waals surface area contributed by atoms with Crippen molar-refractivity contribution >= 4 is 39.1 Å². The minimum atomic E-state index is -0.451. The van der Waals surface area contributed by atoms with Crippen LogP contribution in [0, 0.1) is 11.3 Å². The number of thiophene rings is 1. The molecule has 3 aromatic rings. The van der Waals surface area contributed by atoms with E-state index in [1.165, 1.54) is 16.2 Å². The predicted octanol–water partition coefficient (Wildman–Crippen LogP) is 4.98. The van der Waals surface area contributed by atoms with Crippen molar-refractivity contribution in [2.24, 2.45) is 17.1 Å². The second kappa shape index (κ2) is 7.91. The lowest BCUT2D eigenvalue weighted by Gasteiger charge is -2.33. The van der Waals surface area contributed by atoms with Gasteiger partial charge >= 0.3 is 0 Å². The maximum atomic E-state index is 12.7. The first kappa shape index (κ1) is 20.7. The molecule has 0 aliphatic heterocycles. The number of para-hydroxylation sites is 1. The number of fused-ring (bicyclic) bond motifs is 2. The third kappa shape index (κ3) is 4.01. The molecule has 2 aromatic heterocycles. The Morgan fingerprint density at radius 3 is 2.73 bits per heavy atom. The summed E-state index contributed by atoms with van der Waals surface area (Å²) in [4.78, 5) is 26.1. The topological polar surface area (TPSA) is 77.1 Å². The van der Waals surface area contributed by atoms with Crippen molar-refractivity contribution in [3.05, 3.63) is 52.5 Å². The minimum absolute atomic E-state index is 0.0961. The number of carbonyl (C=O) groups is 2. The highest BCUT2D eigenvalue weighted by molar-refractivity contribution is 7.17. The molecule has 1 aliphatic rings. The van der Waals surface area contributed by atoms with Gasteiger partial charge in [0, 0.05) is 29.6 Å². The van der Waals surface area contributed by atoms with Gasteiger partial charge in [-0.25, -0.2) is 0 Å². The van der Waals surface area contributed by atoms with Crippen LogP contribution in [0.25, 0.3) is 10.9 Å². The van der Waals surface area contributed by atoms with Crippen LogP contribution in [-0.4, -0.2) is 16.4 Å². The number of nitrogens with zero attached hydrogens (tertiary/aromatic N) is 1. The molecule has 2 heterocycles. The van der Waals surface area contributed by atoms with E-state index < -0.39 is 5.91 Å². The Morgan fingerprint density at radius 2 is 2.00 bits per heavy atom. The zero-order valence-electron chi connectivity index (χ0n) is 17.8. The van der Waals surface area contributed by atoms with Gasteiger partial charge < -0.3 is 15.6 Å². The lowest BCUT2D eigenvalue weighted by Crippen LogP contribution is -2.27. The Balaban J connectivity index is 1.49. The van der Waals surface area contributed by atoms with E-state index in [4.69, 9.17) is 5.73 Å². The molecule has 6 heteroatoms. The number of nitrogens with one attached hydrogen (secondary N) is 1. The van der Waals surface area contributed by atoms with Crippen LogP contribution in [0.15, 0.2) is 36.5 Å². The van der Waals surface area contributed by atoms with Gasteiger partial charge in [-0.3, -0.25) is 9.59 Å². The lowest BCUT2D eigenvalue weighted by atomic mass is 9.72. The van der Waals surface area contributed by atoms with Crippen molar-refractivity contribution in [3.8, 4) is 0 Å². The number of aryl methyl sites for hydroxylation is 1. The lowest BCUT2D eigenvalue weighted by molar-refractivity contribution is -0.116. The van der Waals surface area contributed by atoms with Gasteiger partial charge in [-0.2, -0.15) is 0 Å². The Kier molecular flexibility index (Phi) is 5.45. The molecule has 1 aliphatic carbocycles. The number of carbonyl (C=O) groups excluding carboxylic acids is 2. The van der Waals surface area contributed by atoms with Crippen LogP contribution in [-0.2, 0) is 24.2 Å². The van der Waals surface area contributed by atoms with Crippen LogP contribution < -0.4 is 11.1 Å². The molecule has 0 saturated carbocycles. The zero-order valence-corrected chi connectivity index (χ0v) is 18.6. The Bertz CT molecular complexity index is 1100. The van der Waals surface area contributed by atoms with Crippen LogP contribution in [0.3, 0.4) is 0 Å². The second-order valence-electron chi connectivity index (χ2n) is 9.24. The van der Waals surface area contributed by atoms with E-state index in [9.17, 15) is 9.59 Å². The van der Waals surface area contributed by atoms with Crippen molar-refractivity contribution in [3.63, 3.8) is 0 Å². The maximum absolute atomic E-state index is 12.7. The van der Waals surface area contributed by atoms with Gasteiger partial charge in [0.1, 0.15) is 5.00 Å². The fraction of sp³-hybridized carbons (Fsp3) is 0.417. The molecule has 5 nitrogen and oxygen atoms in total. The van der Waals surface area contributed by atoms with Gasteiger partial charge in [-0.1, -0.05) is 39.0 Å². The number of aromatic nitrogens is 1. The molecule has 0 fully saturated rings. The molecule has 1 aromatic carbocycles. The number of amides is 2. The largest absolute Gasteiger partial charge is 0.365 e. The summed E-state index contributed by atoms with van der Waals surface area (Å²) < 4.78 is 2.08. The number of nitrogens with two attached hydrogens (primary N) is 1. The van der Waals surface area contributed by atoms with E-state index in [1.807, 2.05) is 18.3 Å². The van der Waals surface area contributed by atoms with Crippen LogP contribution >= 0.6 is 11.3 Å². The highest BCUT2D eigenvalue weighted by Gasteiger charge is 2.33. The quantitative estimate of drug-likeness (QED) is 0.607. The van der Waals surface area contributed by atoms with Gasteiger partial charge in [0.25, 0.3) is 5.91 Å². The maximum Gasteiger partial charge on any atom is 0.251 e. The fourth-order valence-electron chi connectivity index (χ4n) is 4.42. The van der Waals surface area contributed by atoms with Crippen molar-refractivity contribution in [1.82, 2.24) is 4.57 Å². The van der Waals surface area contributed by atoms with Crippen LogP contribution in [0.2, 0.25) is 0 Å². The summed E-state index contributed by atoms with van der Waals surface area (Å²) in [5, 5.41) is 4.75. The molecular formula is C24H29N3O2S. The van der Waals surface area contributed by atoms with E-state index in [0.29, 0.717) is 29.4 Å². The Morgan fingerprint density at radius 1 is 1.23 bits per heavy atom. The molecule has 0 radical (unpaired) electrons. The van der Waals surface area contributed by atoms with Gasteiger partial charge in [-0.05, 0) is 53.7 Å². The summed E-state index contributed by atoms with van der Waals surface area (Å²) in [6, 6.07) is 10.2. The number of primary amides is 1. The first-order chi connectivity index (χ1) is 14.2. The minimum Gasteiger partial charge on any atom is -0.365 e. The average molecular weight is 424 g/mol. The number of hydrogen-bond donors (Lipinski definition) is 2. The molecule has 0 saturated heterocycles. The van der Waals surface area contributed by atoms with Crippen molar-refractivity contribution in [2.45, 2.75) is 53.0 Å². The molecule has 1 unspecified atom stereocenters. The number of hydrogen-bond acceptors (Lipinski definition) is 3. The summed E-state index contributed by atoms with van der Waals surface area (Å²) in [5.74, 6) is 0.0182. The van der Waals surface area contributed by atoms with Crippen molar-refractivity contribution < 1.29 is 9.59 Å². The predicted molar refractivity (Wildman–Crippen MR) is 123 cm³/mol. The third-order valence-electron chi connectivity index (χ3n) is 6.25. The van der Waals surface area contributed by atoms with Gasteiger partial charge in [0.2, 0.25) is 5.91 Å². The monoisotopic (exact) mass is 423 g/mol. The molecule has 2 amide bonds. The molecule has 0 spiro atoms. The van der Waals surface area contributed by atoms with Crippen LogP contribution in [0.1, 0.15) is 54.4 Å². The Labute approximate surface area is 181 Å². The molecule has 0 bridgehead atoms. The van der Waals surface area contributed by atoms with Gasteiger partial charge in [0.15, 0.2) is 0 Å². The van der Waals surface area contributed by atoms with Crippen molar-refractivity contribution in [1.29, 1.82) is 0 Å². The van der Waals surface area contributed by atoms with Crippen LogP contribution in [0.5, 0.6) is 0 Å². The number of anilines is 1. The molecular weight excluding hydrogens is 394 g/mol. The third-order valence-corrected chi connectivity index (χ3v) is 7.42. The summed E-state index contributed by atoms with van der Waals surface area (Å²) in [5.41, 5.74) is 8.60. The molecule has 158 valence electrons. The number of benzene rings is 1. The summed E-state index contributed by atoms with van der Waals surface area (Å²) >= 11 is 1.52. The van der Waals surface area contributed by atoms with Gasteiger partial charge in [0.05, 0.1) is 5.56 Å². The summed E-state index contributed by atoms with van der Waals surface area (Å²) in [6.07, 6.45) is 5.17. The first-order valence-corrected chi connectivity index (χ1v) is 11.3. The molecule has 4 rings (SSSR count). The van der Waals surface area contributed by atoms with Crippen LogP contribution in [0.4, 0.5) is 5.00 Å². The highest BCUT2D eigenvalue weighted by Crippen LogP contribution is 2.44. The van der Waals surface area contributed by atoms with E-state index >= 15 is 0 Å². The fourth-order valence-corrected chi connectivity index (χ4v) is 5.77. The smallest absolute Gasteiger partial charge is 0.251 e. The van der Waals surface area contributed by atoms with Gasteiger partial charge in [-0.15, -0.1) is 11.3 Å². The zero-order chi connectivity index (χ0) is 21.5. The second-order valence-corrected chi connectivity index (χ2v) is 10.3. The number of rotatable bonds is 5. The first-order valence-electron chi connectivity index (χ1n) is 10.5. The standard InChI is InChI=1S/C24H29N3O2S/c1-24(2,3)16-8-9-17-19(14-16)30-23(21(17)22(25)29)26-20(28)11-13-27-12-10-15-6-4-5-7-18(15)27/h4-7,10,12,16H,8-9,11,13-14H2,1-3H3,(H2,25,29)(H,26,28). The summed E-state index contributed by atoms with van der Waals surface area (Å²) in [7, 11) is 0. The average Bonchev–Trinajstić information content (AvgIpc) is 3.25. The molecule has 1 atom stereocenters. The Hall–Kier alpha value is -2.60. The molecule has 30 heavy (non-hydrogen) atoms. The van der Waals surface area contributed by atoms with Crippen molar-refractivity contribution in [2.75, 3.05) is 5.32 Å². The summed E-state index contributed by atoms with van der Waals surface area (Å²) in [6.45, 7) is 7.37. The SMILES string of the molecule is CC(C)(C)C1CCc2c(sc(NC(=O)CCn3ccc4ccccc43)c2C(N)=O)C1. The van der Waals surface area contributed by atoms with E-state index in [0.717, 1.165) is 35.7 Å². The normalized spacial score (nSPS) is 16.4. The highest BCUT2D eigenvalue weighted by atomic mass is 32.1. The van der Waals surface area contributed by atoms with E-state index in [1.54, 1.807) is 0 Å². The van der Waals surface area contributed by atoms with E-state index in [2.05, 4.69) is 48.9 Å².